The second kappa shape index (κ2) is 4.04. The molecule has 0 saturated carbocycles. The molecule has 1 aromatic carbocycles. The van der Waals surface area contributed by atoms with Gasteiger partial charge in [0.25, 0.3) is 0 Å². The molecular weight excluding hydrogens is 388 g/mol. The molecule has 0 aliphatic carbocycles. The maximum atomic E-state index is 10.6. The molecule has 0 aliphatic heterocycles. The average Bonchev–Trinajstić information content (AvgIpc) is 2.03. The van der Waals surface area contributed by atoms with Gasteiger partial charge in [-0.1, -0.05) is 0 Å². The van der Waals surface area contributed by atoms with Crippen LogP contribution in [-0.4, -0.2) is 13.0 Å². The van der Waals surface area contributed by atoms with Gasteiger partial charge in [-0.3, -0.25) is 0 Å². The van der Waals surface area contributed by atoms with Crippen LogP contribution in [0.4, 0.5) is 0 Å². The first-order chi connectivity index (χ1) is 5.55. The summed E-state index contributed by atoms with van der Waals surface area (Å²) in [5.74, 6) is 0. The Balaban J connectivity index is 3.33. The maximum absolute atomic E-state index is 10.6. The van der Waals surface area contributed by atoms with E-state index in [9.17, 15) is 13.0 Å². The van der Waals surface area contributed by atoms with Gasteiger partial charge in [0.2, 0.25) is 0 Å². The summed E-state index contributed by atoms with van der Waals surface area (Å²) in [5, 5.41) is 0. The molecule has 62 valence electrons. The summed E-state index contributed by atoms with van der Waals surface area (Å²) < 4.78 is 32.5. The summed E-state index contributed by atoms with van der Waals surface area (Å²) >= 11 is -1.81. The van der Waals surface area contributed by atoms with E-state index in [1.54, 1.807) is 12.1 Å². The predicted molar refractivity (Wildman–Crippen MR) is 39.9 cm³/mol. The van der Waals surface area contributed by atoms with Crippen molar-refractivity contribution < 1.29 is 36.3 Å². The van der Waals surface area contributed by atoms with Crippen LogP contribution in [-0.2, 0) is 33.5 Å². The van der Waals surface area contributed by atoms with E-state index < -0.39 is 33.5 Å². The first kappa shape index (κ1) is 10.4. The molecule has 0 radical (unpaired) electrons. The molecule has 1 rings (SSSR count). The van der Waals surface area contributed by atoms with Crippen LogP contribution in [0.25, 0.3) is 0 Å². The Morgan fingerprint density at radius 2 is 1.92 bits per heavy atom. The number of hydrogen-bond donors (Lipinski definition) is 0. The van der Waals surface area contributed by atoms with Gasteiger partial charge in [0, 0.05) is 0 Å². The second-order valence-electron chi connectivity index (χ2n) is 2.20. The van der Waals surface area contributed by atoms with Gasteiger partial charge in [-0.05, 0) is 0 Å². The zero-order valence-corrected chi connectivity index (χ0v) is 13.1. The molecule has 6 heteroatoms. The Bertz CT molecular complexity index is 376. The van der Waals surface area contributed by atoms with E-state index in [0.29, 0.717) is 3.07 Å². The van der Waals surface area contributed by atoms with Crippen molar-refractivity contribution in [3.63, 3.8) is 0 Å². The van der Waals surface area contributed by atoms with E-state index in [-0.39, 0.29) is 4.90 Å². The molecule has 3 nitrogen and oxygen atoms in total. The molecule has 1 aromatic rings. The Morgan fingerprint density at radius 1 is 1.33 bits per heavy atom. The second-order valence-corrected chi connectivity index (χ2v) is 9.89. The van der Waals surface area contributed by atoms with Gasteiger partial charge in [0.05, 0.1) is 0 Å². The van der Waals surface area contributed by atoms with Crippen LogP contribution in [0.2, 0.25) is 0 Å². The summed E-state index contributed by atoms with van der Waals surface area (Å²) in [6.07, 6.45) is 0. The van der Waals surface area contributed by atoms with Crippen LogP contribution in [0.3, 0.4) is 0 Å². The Kier molecular flexibility index (Phi) is 3.52. The molecule has 0 bridgehead atoms. The third kappa shape index (κ3) is 2.42. The van der Waals surface area contributed by atoms with Crippen molar-refractivity contribution in [1.82, 2.24) is 0 Å². The molecule has 0 unspecified atom stereocenters. The van der Waals surface area contributed by atoms with Crippen molar-refractivity contribution >= 4 is 21.4 Å². The summed E-state index contributed by atoms with van der Waals surface area (Å²) in [6, 6.07) is 6.13. The molecule has 0 saturated heterocycles. The zero-order valence-electron chi connectivity index (χ0n) is 6.03. The fraction of sp³-hybridized carbons (Fsp3) is 0. The van der Waals surface area contributed by atoms with Crippen molar-refractivity contribution in [2.75, 3.05) is 0 Å². The first-order valence-corrected chi connectivity index (χ1v) is 14.1. The van der Waals surface area contributed by atoms with Crippen molar-refractivity contribution in [3.05, 3.63) is 24.3 Å². The molecule has 12 heavy (non-hydrogen) atoms. The Morgan fingerprint density at radius 3 is 2.33 bits per heavy atom. The summed E-state index contributed by atoms with van der Waals surface area (Å²) in [4.78, 5) is -0.137. The summed E-state index contributed by atoms with van der Waals surface area (Å²) in [6.45, 7) is 0. The predicted octanol–water partition coefficient (Wildman–Crippen LogP) is 0.452. The van der Waals surface area contributed by atoms with Crippen LogP contribution in [0.5, 0.6) is 0 Å². The van der Waals surface area contributed by atoms with Gasteiger partial charge >= 0.3 is 86.9 Å². The van der Waals surface area contributed by atoms with Gasteiger partial charge in [0.15, 0.2) is 0 Å². The van der Waals surface area contributed by atoms with Gasteiger partial charge in [-0.2, -0.15) is 0 Å². The molecule has 0 amide bonds. The van der Waals surface area contributed by atoms with Crippen LogP contribution < -0.4 is 3.07 Å². The van der Waals surface area contributed by atoms with E-state index in [0.717, 1.165) is 0 Å². The Hall–Kier alpha value is 0.355. The van der Waals surface area contributed by atoms with Crippen LogP contribution in [0.1, 0.15) is 0 Å². The topological polar surface area (TPSA) is 57.2 Å². The molecule has 0 aliphatic rings. The molecule has 0 spiro atoms. The minimum absolute atomic E-state index is 0.137. The van der Waals surface area contributed by atoms with Crippen LogP contribution in [0, 0.1) is 0 Å². The third-order valence-electron chi connectivity index (χ3n) is 1.39. The summed E-state index contributed by atoms with van der Waals surface area (Å²) in [7, 11) is 1.33. The number of benzene rings is 1. The van der Waals surface area contributed by atoms with Gasteiger partial charge in [-0.25, -0.2) is 0 Å². The number of rotatable bonds is 2. The van der Waals surface area contributed by atoms with Crippen LogP contribution >= 0.6 is 8.25 Å². The van der Waals surface area contributed by atoms with E-state index in [2.05, 4.69) is 0 Å². The SMILES string of the molecule is O=S(=O)([O-])c1cccc[c]1[Hg][Cl]. The fourth-order valence-corrected chi connectivity index (χ4v) is 8.77. The molecule has 0 N–H and O–H groups in total. The monoisotopic (exact) mass is 393 g/mol. The zero-order chi connectivity index (χ0) is 9.19. The first-order valence-electron chi connectivity index (χ1n) is 3.15. The molecular formula is C6H4ClHgO3S-. The quantitative estimate of drug-likeness (QED) is 0.543. The standard InChI is InChI=1S/C6H5O3S.ClH.Hg/c7-10(8,9)6-4-2-1-3-5-6;;/h1-4H,(H,7,8,9);1H;/q;;+1/p-2. The van der Waals surface area contributed by atoms with Gasteiger partial charge in [0.1, 0.15) is 0 Å². The number of hydrogen-bond acceptors (Lipinski definition) is 3. The van der Waals surface area contributed by atoms with E-state index in [4.69, 9.17) is 8.25 Å². The van der Waals surface area contributed by atoms with Crippen molar-refractivity contribution in [2.45, 2.75) is 4.90 Å². The average molecular weight is 392 g/mol. The molecule has 0 heterocycles. The van der Waals surface area contributed by atoms with E-state index >= 15 is 0 Å². The minimum atomic E-state index is -4.32. The number of halogens is 1. The normalized spacial score (nSPS) is 10.8. The molecule has 0 atom stereocenters. The fourth-order valence-electron chi connectivity index (χ4n) is 0.858. The van der Waals surface area contributed by atoms with Crippen LogP contribution in [0.15, 0.2) is 29.2 Å². The van der Waals surface area contributed by atoms with Gasteiger partial charge < -0.3 is 0 Å². The Labute approximate surface area is 86.4 Å². The van der Waals surface area contributed by atoms with Crippen molar-refractivity contribution in [2.24, 2.45) is 0 Å². The van der Waals surface area contributed by atoms with E-state index in [1.165, 1.54) is 12.1 Å². The van der Waals surface area contributed by atoms with Gasteiger partial charge in [-0.15, -0.1) is 0 Å². The van der Waals surface area contributed by atoms with E-state index in [1.807, 2.05) is 0 Å². The summed E-state index contributed by atoms with van der Waals surface area (Å²) in [5.41, 5.74) is 0. The third-order valence-corrected chi connectivity index (χ3v) is 9.36. The molecule has 0 aromatic heterocycles. The van der Waals surface area contributed by atoms with Crippen molar-refractivity contribution in [3.8, 4) is 0 Å². The molecule has 0 fully saturated rings. The van der Waals surface area contributed by atoms with Crippen molar-refractivity contribution in [1.29, 1.82) is 0 Å².